The lowest BCUT2D eigenvalue weighted by molar-refractivity contribution is 0.0956. The third kappa shape index (κ3) is 6.83. The lowest BCUT2D eigenvalue weighted by Crippen LogP contribution is -2.25. The van der Waals surface area contributed by atoms with Crippen molar-refractivity contribution in [3.63, 3.8) is 0 Å². The van der Waals surface area contributed by atoms with Gasteiger partial charge in [0.25, 0.3) is 5.91 Å². The molecule has 0 aliphatic heterocycles. The molecule has 134 valence electrons. The predicted octanol–water partition coefficient (Wildman–Crippen LogP) is 3.61. The minimum absolute atomic E-state index is 0. The number of carbonyl (C=O) groups excluding carboxylic acids is 1. The summed E-state index contributed by atoms with van der Waals surface area (Å²) in [5, 5.41) is 4.25. The fourth-order valence-corrected chi connectivity index (χ4v) is 2.81. The molecule has 24 heavy (non-hydrogen) atoms. The highest BCUT2D eigenvalue weighted by Crippen LogP contribution is 2.21. The number of rotatable bonds is 7. The standard InChI is InChI=1S/C15H18ClN3O2S.2ClH/c1-10-14(15(20)18-8-2-7-17)22-13(19-10)9-21-12-5-3-11(16)4-6-12;;/h3-6H,2,7-9,17H2,1H3,(H,18,20);2*1H. The maximum absolute atomic E-state index is 12.0. The van der Waals surface area contributed by atoms with Crippen LogP contribution in [0.2, 0.25) is 5.02 Å². The van der Waals surface area contributed by atoms with Crippen molar-refractivity contribution in [3.05, 3.63) is 44.9 Å². The summed E-state index contributed by atoms with van der Waals surface area (Å²) < 4.78 is 5.63. The number of ether oxygens (including phenoxy) is 1. The summed E-state index contributed by atoms with van der Waals surface area (Å²) in [4.78, 5) is 17.0. The molecule has 2 rings (SSSR count). The van der Waals surface area contributed by atoms with Crippen molar-refractivity contribution in [1.29, 1.82) is 0 Å². The van der Waals surface area contributed by atoms with E-state index < -0.39 is 0 Å². The number of halogens is 3. The Bertz CT molecular complexity index is 635. The minimum Gasteiger partial charge on any atom is -0.486 e. The monoisotopic (exact) mass is 411 g/mol. The van der Waals surface area contributed by atoms with Gasteiger partial charge in [0.1, 0.15) is 22.2 Å². The van der Waals surface area contributed by atoms with Gasteiger partial charge in [-0.05, 0) is 44.2 Å². The SMILES string of the molecule is Cc1nc(COc2ccc(Cl)cc2)sc1C(=O)NCCCN.Cl.Cl. The average molecular weight is 413 g/mol. The number of aryl methyl sites for hydroxylation is 1. The highest BCUT2D eigenvalue weighted by molar-refractivity contribution is 7.13. The summed E-state index contributed by atoms with van der Waals surface area (Å²) in [5.74, 6) is 0.604. The zero-order valence-corrected chi connectivity index (χ0v) is 16.3. The Hall–Kier alpha value is -1.05. The van der Waals surface area contributed by atoms with E-state index in [-0.39, 0.29) is 30.7 Å². The molecule has 3 N–H and O–H groups in total. The molecule has 0 saturated carbocycles. The van der Waals surface area contributed by atoms with Gasteiger partial charge >= 0.3 is 0 Å². The van der Waals surface area contributed by atoms with Gasteiger partial charge in [0.2, 0.25) is 0 Å². The highest BCUT2D eigenvalue weighted by atomic mass is 35.5. The Balaban J connectivity index is 0.00000264. The molecule has 0 fully saturated rings. The Labute approximate surface area is 162 Å². The van der Waals surface area contributed by atoms with Gasteiger partial charge in [-0.3, -0.25) is 4.79 Å². The Morgan fingerprint density at radius 1 is 1.33 bits per heavy atom. The van der Waals surface area contributed by atoms with Gasteiger partial charge in [0.15, 0.2) is 0 Å². The third-order valence-electron chi connectivity index (χ3n) is 2.89. The second-order valence-corrected chi connectivity index (χ2v) is 6.18. The van der Waals surface area contributed by atoms with Crippen molar-refractivity contribution >= 4 is 53.7 Å². The number of aromatic nitrogens is 1. The maximum Gasteiger partial charge on any atom is 0.263 e. The summed E-state index contributed by atoms with van der Waals surface area (Å²) >= 11 is 7.16. The number of carbonyl (C=O) groups is 1. The molecule has 0 aliphatic carbocycles. The van der Waals surface area contributed by atoms with Crippen molar-refractivity contribution in [2.24, 2.45) is 5.73 Å². The number of hydrogen-bond donors (Lipinski definition) is 2. The van der Waals surface area contributed by atoms with Crippen LogP contribution in [0.4, 0.5) is 0 Å². The van der Waals surface area contributed by atoms with Crippen LogP contribution in [-0.4, -0.2) is 24.0 Å². The van der Waals surface area contributed by atoms with E-state index in [1.807, 2.05) is 6.92 Å². The molecule has 9 heteroatoms. The van der Waals surface area contributed by atoms with E-state index in [0.29, 0.717) is 41.0 Å². The largest absolute Gasteiger partial charge is 0.486 e. The van der Waals surface area contributed by atoms with Gasteiger partial charge in [-0.25, -0.2) is 4.98 Å². The molecule has 0 bridgehead atoms. The molecular formula is C15H20Cl3N3O2S. The van der Waals surface area contributed by atoms with E-state index in [1.165, 1.54) is 11.3 Å². The first kappa shape index (κ1) is 22.9. The van der Waals surface area contributed by atoms with Crippen LogP contribution >= 0.6 is 47.8 Å². The summed E-state index contributed by atoms with van der Waals surface area (Å²) in [6.07, 6.45) is 0.760. The first-order chi connectivity index (χ1) is 10.6. The quantitative estimate of drug-likeness (QED) is 0.681. The molecule has 0 radical (unpaired) electrons. The van der Waals surface area contributed by atoms with Gasteiger partial charge in [-0.1, -0.05) is 11.6 Å². The van der Waals surface area contributed by atoms with Crippen molar-refractivity contribution in [1.82, 2.24) is 10.3 Å². The summed E-state index contributed by atoms with van der Waals surface area (Å²) in [7, 11) is 0. The molecule has 1 aromatic carbocycles. The number of nitrogens with two attached hydrogens (primary N) is 1. The van der Waals surface area contributed by atoms with Crippen LogP contribution in [-0.2, 0) is 6.61 Å². The van der Waals surface area contributed by atoms with E-state index in [4.69, 9.17) is 22.1 Å². The number of benzene rings is 1. The number of hydrogen-bond acceptors (Lipinski definition) is 5. The van der Waals surface area contributed by atoms with E-state index in [1.54, 1.807) is 24.3 Å². The average Bonchev–Trinajstić information content (AvgIpc) is 2.88. The fourth-order valence-electron chi connectivity index (χ4n) is 1.78. The van der Waals surface area contributed by atoms with Gasteiger partial charge in [-0.2, -0.15) is 0 Å². The first-order valence-electron chi connectivity index (χ1n) is 6.93. The molecule has 0 saturated heterocycles. The molecule has 1 aromatic heterocycles. The molecule has 1 heterocycles. The van der Waals surface area contributed by atoms with Crippen molar-refractivity contribution in [2.75, 3.05) is 13.1 Å². The van der Waals surface area contributed by atoms with Crippen molar-refractivity contribution in [3.8, 4) is 5.75 Å². The van der Waals surface area contributed by atoms with Gasteiger partial charge in [-0.15, -0.1) is 36.2 Å². The smallest absolute Gasteiger partial charge is 0.263 e. The second kappa shape index (κ2) is 11.5. The van der Waals surface area contributed by atoms with Crippen molar-refractivity contribution < 1.29 is 9.53 Å². The molecule has 0 aliphatic rings. The summed E-state index contributed by atoms with van der Waals surface area (Å²) in [6, 6.07) is 7.12. The van der Waals surface area contributed by atoms with Crippen molar-refractivity contribution in [2.45, 2.75) is 20.0 Å². The number of thiazole rings is 1. The van der Waals surface area contributed by atoms with Gasteiger partial charge in [0.05, 0.1) is 5.69 Å². The molecular weight excluding hydrogens is 393 g/mol. The number of nitrogens with zero attached hydrogens (tertiary/aromatic N) is 1. The summed E-state index contributed by atoms with van der Waals surface area (Å²) in [5.41, 5.74) is 6.12. The van der Waals surface area contributed by atoms with E-state index >= 15 is 0 Å². The number of amides is 1. The minimum atomic E-state index is -0.110. The molecule has 0 unspecified atom stereocenters. The molecule has 1 amide bonds. The highest BCUT2D eigenvalue weighted by Gasteiger charge is 2.15. The Morgan fingerprint density at radius 3 is 2.62 bits per heavy atom. The lowest BCUT2D eigenvalue weighted by Gasteiger charge is -2.03. The topological polar surface area (TPSA) is 77.2 Å². The van der Waals surface area contributed by atoms with E-state index in [0.717, 1.165) is 11.4 Å². The molecule has 2 aromatic rings. The summed E-state index contributed by atoms with van der Waals surface area (Å²) in [6.45, 7) is 3.27. The molecule has 0 atom stereocenters. The van der Waals surface area contributed by atoms with Crippen LogP contribution in [0.1, 0.15) is 26.8 Å². The zero-order chi connectivity index (χ0) is 15.9. The maximum atomic E-state index is 12.0. The number of nitrogens with one attached hydrogen (secondary N) is 1. The van der Waals surface area contributed by atoms with Gasteiger partial charge < -0.3 is 15.8 Å². The van der Waals surface area contributed by atoms with Crippen LogP contribution in [0.15, 0.2) is 24.3 Å². The van der Waals surface area contributed by atoms with Crippen LogP contribution in [0.3, 0.4) is 0 Å². The lowest BCUT2D eigenvalue weighted by atomic mass is 10.3. The van der Waals surface area contributed by atoms with Crippen LogP contribution < -0.4 is 15.8 Å². The predicted molar refractivity (Wildman–Crippen MR) is 103 cm³/mol. The normalized spacial score (nSPS) is 9.62. The van der Waals surface area contributed by atoms with Crippen LogP contribution in [0.5, 0.6) is 5.75 Å². The first-order valence-corrected chi connectivity index (χ1v) is 8.12. The third-order valence-corrected chi connectivity index (χ3v) is 4.27. The van der Waals surface area contributed by atoms with Crippen LogP contribution in [0, 0.1) is 6.92 Å². The molecule has 0 spiro atoms. The van der Waals surface area contributed by atoms with E-state index in [9.17, 15) is 4.79 Å². The van der Waals surface area contributed by atoms with Crippen LogP contribution in [0.25, 0.3) is 0 Å². The Morgan fingerprint density at radius 2 is 2.00 bits per heavy atom. The van der Waals surface area contributed by atoms with Gasteiger partial charge in [0, 0.05) is 11.6 Å². The second-order valence-electron chi connectivity index (χ2n) is 4.66. The fraction of sp³-hybridized carbons (Fsp3) is 0.333. The van der Waals surface area contributed by atoms with E-state index in [2.05, 4.69) is 10.3 Å². The Kier molecular flexibility index (Phi) is 11.0. The molecule has 5 nitrogen and oxygen atoms in total. The zero-order valence-electron chi connectivity index (χ0n) is 13.1.